The number of Topliss-reactive ketones (excluding diaryl/α,β-unsaturated/α-hetero) is 1. The molecule has 6 heteroatoms. The number of ether oxygens (including phenoxy) is 1. The first kappa shape index (κ1) is 26.7. The van der Waals surface area contributed by atoms with Crippen LogP contribution >= 0.6 is 0 Å². The van der Waals surface area contributed by atoms with Gasteiger partial charge in [0.1, 0.15) is 12.4 Å². The molecule has 0 saturated carbocycles. The zero-order valence-electron chi connectivity index (χ0n) is 19.8. The molecule has 0 saturated heterocycles. The maximum atomic E-state index is 12.4. The lowest BCUT2D eigenvalue weighted by Crippen LogP contribution is -2.20. The van der Waals surface area contributed by atoms with Crippen molar-refractivity contribution in [2.75, 3.05) is 13.2 Å². The summed E-state index contributed by atoms with van der Waals surface area (Å²) in [5.74, 6) is 35.9. The number of carbonyl (C=O) groups excluding carboxylic acids is 1. The predicted molar refractivity (Wildman–Crippen MR) is 137 cm³/mol. The predicted octanol–water partition coefficient (Wildman–Crippen LogP) is 1.71. The Morgan fingerprint density at radius 1 is 0.972 bits per heavy atom. The Kier molecular flexibility index (Phi) is 10.8. The number of hydrogen-bond acceptors (Lipinski definition) is 5. The SMILES string of the molecule is CC#CC#CC#CC#CC#CC#CC#Cc1cccc(OCC)c1-c1nc(=O)[nH]c(C)c1C(=O)CO. The van der Waals surface area contributed by atoms with E-state index < -0.39 is 18.1 Å². The van der Waals surface area contributed by atoms with E-state index >= 15 is 0 Å². The van der Waals surface area contributed by atoms with Crippen molar-refractivity contribution in [3.8, 4) is 99.9 Å². The molecule has 1 aromatic carbocycles. The summed E-state index contributed by atoms with van der Waals surface area (Å²) in [6, 6.07) is 5.08. The van der Waals surface area contributed by atoms with Gasteiger partial charge in [-0.2, -0.15) is 4.98 Å². The van der Waals surface area contributed by atoms with E-state index in [0.717, 1.165) is 0 Å². The van der Waals surface area contributed by atoms with Gasteiger partial charge in [0, 0.05) is 11.3 Å². The fourth-order valence-electron chi connectivity index (χ4n) is 2.82. The minimum Gasteiger partial charge on any atom is -0.493 e. The number of aryl methyl sites for hydroxylation is 1. The van der Waals surface area contributed by atoms with Crippen LogP contribution in [0.5, 0.6) is 5.75 Å². The molecule has 1 heterocycles. The summed E-state index contributed by atoms with van der Waals surface area (Å²) < 4.78 is 5.71. The van der Waals surface area contributed by atoms with Crippen LogP contribution in [0.1, 0.15) is 35.5 Å². The highest BCUT2D eigenvalue weighted by Crippen LogP contribution is 2.34. The molecule has 0 aliphatic rings. The normalized spacial score (nSPS) is 8.00. The van der Waals surface area contributed by atoms with Crippen LogP contribution in [0.15, 0.2) is 23.0 Å². The number of carbonyl (C=O) groups is 1. The van der Waals surface area contributed by atoms with Crippen molar-refractivity contribution < 1.29 is 14.6 Å². The number of aromatic amines is 1. The molecule has 6 nitrogen and oxygen atoms in total. The Bertz CT molecular complexity index is 1680. The molecule has 0 spiro atoms. The van der Waals surface area contributed by atoms with Gasteiger partial charge in [-0.1, -0.05) is 17.9 Å². The van der Waals surface area contributed by atoms with E-state index in [-0.39, 0.29) is 17.0 Å². The van der Waals surface area contributed by atoms with E-state index in [2.05, 4.69) is 92.9 Å². The van der Waals surface area contributed by atoms with Gasteiger partial charge in [-0.05, 0) is 104 Å². The number of rotatable bonds is 5. The van der Waals surface area contributed by atoms with Crippen molar-refractivity contribution in [2.24, 2.45) is 0 Å². The largest absolute Gasteiger partial charge is 0.493 e. The summed E-state index contributed by atoms with van der Waals surface area (Å²) in [5, 5.41) is 9.44. The molecule has 0 fully saturated rings. The highest BCUT2D eigenvalue weighted by Gasteiger charge is 2.22. The maximum Gasteiger partial charge on any atom is 0.345 e. The highest BCUT2D eigenvalue weighted by molar-refractivity contribution is 6.04. The molecule has 0 atom stereocenters. The fraction of sp³-hybridized carbons (Fsp3) is 0.167. The number of nitrogens with one attached hydrogen (secondary N) is 1. The van der Waals surface area contributed by atoms with Crippen LogP contribution in [0.2, 0.25) is 0 Å². The third-order valence-corrected chi connectivity index (χ3v) is 4.11. The summed E-state index contributed by atoms with van der Waals surface area (Å²) >= 11 is 0. The molecule has 2 N–H and O–H groups in total. The lowest BCUT2D eigenvalue weighted by atomic mass is 9.96. The first-order chi connectivity index (χ1) is 17.5. The van der Waals surface area contributed by atoms with Crippen LogP contribution in [0, 0.1) is 89.8 Å². The molecule has 1 aromatic heterocycles. The highest BCUT2D eigenvalue weighted by atomic mass is 16.5. The van der Waals surface area contributed by atoms with Gasteiger partial charge in [-0.3, -0.25) is 4.79 Å². The second kappa shape index (κ2) is 14.6. The standard InChI is InChI=1S/C30H18N2O4/c1-4-6-7-8-9-10-11-12-13-14-15-16-17-19-24-20-18-21-26(36-5-2)28(24)29-27(25(34)22-33)23(3)31-30(35)32-29/h18,20-21,33H,5,22H2,1-3H3,(H,31,32,35). The van der Waals surface area contributed by atoms with Crippen LogP contribution in [0.25, 0.3) is 11.3 Å². The van der Waals surface area contributed by atoms with Crippen LogP contribution in [-0.2, 0) is 0 Å². The lowest BCUT2D eigenvalue weighted by Gasteiger charge is -2.15. The average Bonchev–Trinajstić information content (AvgIpc) is 2.86. The molecule has 0 unspecified atom stereocenters. The van der Waals surface area contributed by atoms with Gasteiger partial charge >= 0.3 is 5.69 Å². The molecule has 172 valence electrons. The zero-order chi connectivity index (χ0) is 26.2. The molecular weight excluding hydrogens is 452 g/mol. The minimum absolute atomic E-state index is 0.0687. The third-order valence-electron chi connectivity index (χ3n) is 4.11. The first-order valence-electron chi connectivity index (χ1n) is 10.5. The van der Waals surface area contributed by atoms with E-state index in [1.165, 1.54) is 0 Å². The van der Waals surface area contributed by atoms with Gasteiger partial charge in [0.2, 0.25) is 0 Å². The molecule has 36 heavy (non-hydrogen) atoms. The van der Waals surface area contributed by atoms with Crippen LogP contribution in [0.4, 0.5) is 0 Å². The number of aliphatic hydroxyl groups is 1. The van der Waals surface area contributed by atoms with Gasteiger partial charge in [0.05, 0.1) is 23.4 Å². The van der Waals surface area contributed by atoms with Gasteiger partial charge in [-0.25, -0.2) is 4.79 Å². The number of aliphatic hydroxyl groups excluding tert-OH is 1. The number of aromatic nitrogens is 2. The Morgan fingerprint density at radius 2 is 1.56 bits per heavy atom. The molecule has 0 aliphatic heterocycles. The van der Waals surface area contributed by atoms with E-state index in [1.54, 1.807) is 39.0 Å². The smallest absolute Gasteiger partial charge is 0.345 e. The summed E-state index contributed by atoms with van der Waals surface area (Å²) in [5.41, 5.74) is 0.552. The Labute approximate surface area is 209 Å². The van der Waals surface area contributed by atoms with Crippen LogP contribution in [0.3, 0.4) is 0 Å². The van der Waals surface area contributed by atoms with E-state index in [4.69, 9.17) is 4.74 Å². The summed E-state index contributed by atoms with van der Waals surface area (Å²) in [4.78, 5) is 31.1. The van der Waals surface area contributed by atoms with Gasteiger partial charge < -0.3 is 14.8 Å². The van der Waals surface area contributed by atoms with Crippen LogP contribution < -0.4 is 10.4 Å². The third kappa shape index (κ3) is 7.79. The van der Waals surface area contributed by atoms with Crippen molar-refractivity contribution in [3.05, 3.63) is 45.5 Å². The second-order valence-electron chi connectivity index (χ2n) is 6.46. The number of H-pyrrole nitrogens is 1. The topological polar surface area (TPSA) is 92.3 Å². The molecule has 0 aliphatic carbocycles. The fourth-order valence-corrected chi connectivity index (χ4v) is 2.82. The monoisotopic (exact) mass is 470 g/mol. The summed E-state index contributed by atoms with van der Waals surface area (Å²) in [6.45, 7) is 4.61. The van der Waals surface area contributed by atoms with Crippen LogP contribution in [-0.4, -0.2) is 34.1 Å². The van der Waals surface area contributed by atoms with Gasteiger partial charge in [-0.15, -0.1) is 0 Å². The molecule has 2 rings (SSSR count). The Hall–Kier alpha value is -5.55. The molecular formula is C30H18N2O4. The average molecular weight is 470 g/mol. The van der Waals surface area contributed by atoms with E-state index in [0.29, 0.717) is 23.5 Å². The summed E-state index contributed by atoms with van der Waals surface area (Å²) in [7, 11) is 0. The number of nitrogens with zero attached hydrogens (tertiary/aromatic N) is 1. The van der Waals surface area contributed by atoms with Crippen molar-refractivity contribution in [2.45, 2.75) is 20.8 Å². The summed E-state index contributed by atoms with van der Waals surface area (Å²) in [6.07, 6.45) is 0. The Morgan fingerprint density at radius 3 is 2.11 bits per heavy atom. The Balaban J connectivity index is 2.46. The van der Waals surface area contributed by atoms with Crippen molar-refractivity contribution in [1.29, 1.82) is 0 Å². The minimum atomic E-state index is -0.751. The quantitative estimate of drug-likeness (QED) is 0.513. The molecule has 2 aromatic rings. The number of benzene rings is 1. The second-order valence-corrected chi connectivity index (χ2v) is 6.46. The van der Waals surface area contributed by atoms with Gasteiger partial charge in [0.15, 0.2) is 5.78 Å². The molecule has 0 radical (unpaired) electrons. The van der Waals surface area contributed by atoms with E-state index in [1.807, 2.05) is 0 Å². The van der Waals surface area contributed by atoms with Crippen molar-refractivity contribution in [1.82, 2.24) is 9.97 Å². The molecule has 0 amide bonds. The number of hydrogen-bond donors (Lipinski definition) is 2. The number of ketones is 1. The zero-order valence-corrected chi connectivity index (χ0v) is 19.8. The molecule has 0 bridgehead atoms. The first-order valence-corrected chi connectivity index (χ1v) is 10.5. The maximum absolute atomic E-state index is 12.4. The van der Waals surface area contributed by atoms with Crippen molar-refractivity contribution in [3.63, 3.8) is 0 Å². The lowest BCUT2D eigenvalue weighted by molar-refractivity contribution is 0.0903. The van der Waals surface area contributed by atoms with Crippen molar-refractivity contribution >= 4 is 5.78 Å². The van der Waals surface area contributed by atoms with E-state index in [9.17, 15) is 14.7 Å². The van der Waals surface area contributed by atoms with Gasteiger partial charge in [0.25, 0.3) is 0 Å².